The van der Waals surface area contributed by atoms with Crippen LogP contribution in [-0.2, 0) is 10.2 Å². The van der Waals surface area contributed by atoms with Gasteiger partial charge in [0.25, 0.3) is 0 Å². The molecule has 0 atom stereocenters. The zero-order valence-electron chi connectivity index (χ0n) is 11.7. The molecule has 0 spiro atoms. The Balaban J connectivity index is 2.25. The first kappa shape index (κ1) is 14.0. The zero-order valence-corrected chi connectivity index (χ0v) is 11.7. The summed E-state index contributed by atoms with van der Waals surface area (Å²) in [6.45, 7) is 4.82. The van der Waals surface area contributed by atoms with Gasteiger partial charge in [0.15, 0.2) is 0 Å². The van der Waals surface area contributed by atoms with E-state index in [1.165, 1.54) is 12.1 Å². The predicted octanol–water partition coefficient (Wildman–Crippen LogP) is 3.41. The van der Waals surface area contributed by atoms with Gasteiger partial charge in [0.05, 0.1) is 5.41 Å². The van der Waals surface area contributed by atoms with Gasteiger partial charge in [-0.05, 0) is 36.5 Å². The maximum Gasteiger partial charge on any atom is 0.230 e. The Morgan fingerprint density at radius 2 is 2.05 bits per heavy atom. The van der Waals surface area contributed by atoms with Crippen LogP contribution in [0.25, 0.3) is 0 Å². The molecule has 1 aliphatic rings. The number of hydrogen-bond donors (Lipinski definition) is 1. The Morgan fingerprint density at radius 1 is 1.37 bits per heavy atom. The first-order chi connectivity index (χ1) is 9.04. The number of carbonyl (C=O) groups excluding carboxylic acids is 1. The second-order valence-electron chi connectivity index (χ2n) is 5.90. The highest BCUT2D eigenvalue weighted by Crippen LogP contribution is 2.41. The Hall–Kier alpha value is -1.38. The lowest BCUT2D eigenvalue weighted by Gasteiger charge is -2.28. The molecule has 1 aromatic rings. The van der Waals surface area contributed by atoms with Crippen molar-refractivity contribution < 1.29 is 9.18 Å². The van der Waals surface area contributed by atoms with Gasteiger partial charge in [-0.3, -0.25) is 4.79 Å². The molecule has 0 radical (unpaired) electrons. The molecule has 1 aromatic carbocycles. The maximum absolute atomic E-state index is 13.4. The molecule has 0 heterocycles. The number of nitrogens with one attached hydrogen (secondary N) is 1. The van der Waals surface area contributed by atoms with E-state index in [9.17, 15) is 9.18 Å². The minimum atomic E-state index is -0.517. The molecule has 1 amide bonds. The lowest BCUT2D eigenvalue weighted by Crippen LogP contribution is -2.43. The van der Waals surface area contributed by atoms with Crippen LogP contribution >= 0.6 is 0 Å². The summed E-state index contributed by atoms with van der Waals surface area (Å²) in [5, 5.41) is 3.02. The van der Waals surface area contributed by atoms with Gasteiger partial charge in [0, 0.05) is 6.54 Å². The highest BCUT2D eigenvalue weighted by Gasteiger charge is 2.42. The van der Waals surface area contributed by atoms with Crippen molar-refractivity contribution in [1.29, 1.82) is 0 Å². The first-order valence-electron chi connectivity index (χ1n) is 7.09. The minimum absolute atomic E-state index is 0.0595. The molecule has 1 fully saturated rings. The number of carbonyl (C=O) groups is 1. The fraction of sp³-hybridized carbons (Fsp3) is 0.562. The average Bonchev–Trinajstić information content (AvgIpc) is 2.86. The molecule has 104 valence electrons. The lowest BCUT2D eigenvalue weighted by molar-refractivity contribution is -0.126. The van der Waals surface area contributed by atoms with Gasteiger partial charge < -0.3 is 5.32 Å². The maximum atomic E-state index is 13.4. The van der Waals surface area contributed by atoms with E-state index in [2.05, 4.69) is 19.2 Å². The van der Waals surface area contributed by atoms with Crippen LogP contribution in [0.5, 0.6) is 0 Å². The van der Waals surface area contributed by atoms with Crippen molar-refractivity contribution in [2.75, 3.05) is 6.54 Å². The number of rotatable bonds is 4. The minimum Gasteiger partial charge on any atom is -0.355 e. The van der Waals surface area contributed by atoms with E-state index in [-0.39, 0.29) is 11.7 Å². The number of halogens is 1. The summed E-state index contributed by atoms with van der Waals surface area (Å²) in [5.74, 6) is 0.222. The van der Waals surface area contributed by atoms with Crippen LogP contribution in [0.15, 0.2) is 24.3 Å². The fourth-order valence-electron chi connectivity index (χ4n) is 2.88. The number of amides is 1. The molecule has 19 heavy (non-hydrogen) atoms. The molecule has 0 aliphatic heterocycles. The monoisotopic (exact) mass is 263 g/mol. The van der Waals surface area contributed by atoms with Crippen LogP contribution < -0.4 is 5.32 Å². The van der Waals surface area contributed by atoms with E-state index < -0.39 is 5.41 Å². The molecule has 1 N–H and O–H groups in total. The van der Waals surface area contributed by atoms with Crippen molar-refractivity contribution in [1.82, 2.24) is 5.32 Å². The third-order valence-electron chi connectivity index (χ3n) is 3.94. The van der Waals surface area contributed by atoms with E-state index in [0.717, 1.165) is 31.2 Å². The summed E-state index contributed by atoms with van der Waals surface area (Å²) in [6.07, 6.45) is 3.71. The number of benzene rings is 1. The van der Waals surface area contributed by atoms with Crippen molar-refractivity contribution in [3.63, 3.8) is 0 Å². The van der Waals surface area contributed by atoms with Crippen molar-refractivity contribution in [2.24, 2.45) is 5.92 Å². The van der Waals surface area contributed by atoms with Crippen molar-refractivity contribution in [3.05, 3.63) is 35.6 Å². The van der Waals surface area contributed by atoms with Gasteiger partial charge in [-0.15, -0.1) is 0 Å². The smallest absolute Gasteiger partial charge is 0.230 e. The van der Waals surface area contributed by atoms with Gasteiger partial charge >= 0.3 is 0 Å². The van der Waals surface area contributed by atoms with Crippen LogP contribution in [0.4, 0.5) is 4.39 Å². The Bertz CT molecular complexity index is 450. The standard InChI is InChI=1S/C16H22FNO/c1-12(2)11-18-15(19)16(8-3-4-9-16)13-6-5-7-14(17)10-13/h5-7,10,12H,3-4,8-9,11H2,1-2H3,(H,18,19). The quantitative estimate of drug-likeness (QED) is 0.886. The van der Waals surface area contributed by atoms with Crippen molar-refractivity contribution >= 4 is 5.91 Å². The lowest BCUT2D eigenvalue weighted by atomic mass is 9.78. The molecule has 0 aromatic heterocycles. The molecule has 2 rings (SSSR count). The molecule has 1 saturated carbocycles. The topological polar surface area (TPSA) is 29.1 Å². The Labute approximate surface area is 114 Å². The van der Waals surface area contributed by atoms with Gasteiger partial charge in [-0.25, -0.2) is 4.39 Å². The van der Waals surface area contributed by atoms with Gasteiger partial charge in [-0.2, -0.15) is 0 Å². The SMILES string of the molecule is CC(C)CNC(=O)C1(c2cccc(F)c2)CCCC1. The summed E-state index contributed by atoms with van der Waals surface area (Å²) in [5.41, 5.74) is 0.308. The number of hydrogen-bond acceptors (Lipinski definition) is 1. The highest BCUT2D eigenvalue weighted by molar-refractivity contribution is 5.88. The van der Waals surface area contributed by atoms with E-state index in [0.29, 0.717) is 12.5 Å². The molecular formula is C16H22FNO. The van der Waals surface area contributed by atoms with E-state index >= 15 is 0 Å². The highest BCUT2D eigenvalue weighted by atomic mass is 19.1. The summed E-state index contributed by atoms with van der Waals surface area (Å²) < 4.78 is 13.4. The van der Waals surface area contributed by atoms with Crippen molar-refractivity contribution in [3.8, 4) is 0 Å². The average molecular weight is 263 g/mol. The summed E-state index contributed by atoms with van der Waals surface area (Å²) >= 11 is 0. The van der Waals surface area contributed by atoms with Gasteiger partial charge in [-0.1, -0.05) is 38.8 Å². The molecule has 1 aliphatic carbocycles. The fourth-order valence-corrected chi connectivity index (χ4v) is 2.88. The predicted molar refractivity (Wildman–Crippen MR) is 74.4 cm³/mol. The summed E-state index contributed by atoms with van der Waals surface area (Å²) in [4.78, 5) is 12.5. The molecule has 0 bridgehead atoms. The van der Waals surface area contributed by atoms with Crippen LogP contribution in [0.3, 0.4) is 0 Å². The van der Waals surface area contributed by atoms with Crippen LogP contribution in [0.2, 0.25) is 0 Å². The summed E-state index contributed by atoms with van der Waals surface area (Å²) in [7, 11) is 0. The van der Waals surface area contributed by atoms with Crippen LogP contribution in [-0.4, -0.2) is 12.5 Å². The Morgan fingerprint density at radius 3 is 2.63 bits per heavy atom. The Kier molecular flexibility index (Phi) is 4.23. The second-order valence-corrected chi connectivity index (χ2v) is 5.90. The van der Waals surface area contributed by atoms with E-state index in [1.807, 2.05) is 6.07 Å². The third-order valence-corrected chi connectivity index (χ3v) is 3.94. The van der Waals surface area contributed by atoms with Gasteiger partial charge in [0.1, 0.15) is 5.82 Å². The molecule has 3 heteroatoms. The second kappa shape index (κ2) is 5.72. The van der Waals surface area contributed by atoms with Crippen molar-refractivity contribution in [2.45, 2.75) is 44.9 Å². The first-order valence-corrected chi connectivity index (χ1v) is 7.09. The van der Waals surface area contributed by atoms with Crippen LogP contribution in [0.1, 0.15) is 45.1 Å². The summed E-state index contributed by atoms with van der Waals surface area (Å²) in [6, 6.07) is 6.52. The van der Waals surface area contributed by atoms with Gasteiger partial charge in [0.2, 0.25) is 5.91 Å². The zero-order chi connectivity index (χ0) is 13.9. The normalized spacial score (nSPS) is 17.7. The molecular weight excluding hydrogens is 241 g/mol. The van der Waals surface area contributed by atoms with E-state index in [4.69, 9.17) is 0 Å². The van der Waals surface area contributed by atoms with Crippen LogP contribution in [0, 0.1) is 11.7 Å². The molecule has 0 saturated heterocycles. The van der Waals surface area contributed by atoms with E-state index in [1.54, 1.807) is 6.07 Å². The molecule has 2 nitrogen and oxygen atoms in total. The molecule has 0 unspecified atom stereocenters. The largest absolute Gasteiger partial charge is 0.355 e. The third kappa shape index (κ3) is 2.96.